The lowest BCUT2D eigenvalue weighted by Gasteiger charge is -2.43. The Bertz CT molecular complexity index is 605. The zero-order valence-electron chi connectivity index (χ0n) is 14.3. The van der Waals surface area contributed by atoms with Crippen molar-refractivity contribution in [2.24, 2.45) is 0 Å². The summed E-state index contributed by atoms with van der Waals surface area (Å²) >= 11 is 0. The lowest BCUT2D eigenvalue weighted by atomic mass is 9.84. The van der Waals surface area contributed by atoms with Crippen molar-refractivity contribution in [2.75, 3.05) is 0 Å². The molecule has 0 aliphatic heterocycles. The van der Waals surface area contributed by atoms with Gasteiger partial charge >= 0.3 is 0 Å². The first-order valence-electron chi connectivity index (χ1n) is 8.61. The molecule has 1 saturated carbocycles. The van der Waals surface area contributed by atoms with Crippen LogP contribution >= 0.6 is 0 Å². The van der Waals surface area contributed by atoms with Crippen LogP contribution < -0.4 is 0 Å². The van der Waals surface area contributed by atoms with Gasteiger partial charge in [-0.1, -0.05) is 60.7 Å². The van der Waals surface area contributed by atoms with Gasteiger partial charge < -0.3 is 29.9 Å². The van der Waals surface area contributed by atoms with E-state index < -0.39 is 36.6 Å². The van der Waals surface area contributed by atoms with Crippen molar-refractivity contribution in [3.8, 4) is 0 Å². The van der Waals surface area contributed by atoms with Gasteiger partial charge in [-0.3, -0.25) is 0 Å². The number of aliphatic hydroxyl groups is 4. The van der Waals surface area contributed by atoms with Crippen LogP contribution in [-0.4, -0.2) is 57.0 Å². The van der Waals surface area contributed by atoms with Crippen molar-refractivity contribution in [1.29, 1.82) is 0 Å². The van der Waals surface area contributed by atoms with Gasteiger partial charge in [0, 0.05) is 0 Å². The van der Waals surface area contributed by atoms with E-state index in [-0.39, 0.29) is 13.2 Å². The molecule has 1 fully saturated rings. The van der Waals surface area contributed by atoms with Crippen molar-refractivity contribution in [3.05, 3.63) is 71.8 Å². The van der Waals surface area contributed by atoms with E-state index in [0.717, 1.165) is 11.1 Å². The van der Waals surface area contributed by atoms with Gasteiger partial charge in [-0.2, -0.15) is 0 Å². The monoisotopic (exact) mass is 360 g/mol. The van der Waals surface area contributed by atoms with Crippen molar-refractivity contribution in [3.63, 3.8) is 0 Å². The molecule has 1 aliphatic rings. The zero-order chi connectivity index (χ0) is 18.5. The minimum atomic E-state index is -1.51. The molecule has 6 atom stereocenters. The number of aliphatic hydroxyl groups excluding tert-OH is 4. The van der Waals surface area contributed by atoms with E-state index in [1.54, 1.807) is 0 Å². The minimum Gasteiger partial charge on any atom is -0.387 e. The van der Waals surface area contributed by atoms with E-state index in [1.807, 2.05) is 60.7 Å². The molecule has 2 aromatic carbocycles. The Labute approximate surface area is 152 Å². The third-order valence-electron chi connectivity index (χ3n) is 4.62. The SMILES string of the molecule is O[C@@H]1[C@@H](O)[C@H](O)[C@H](OCc2ccccc2)[C@@H](OCc2ccccc2)[C@H]1O. The maximum absolute atomic E-state index is 10.3. The summed E-state index contributed by atoms with van der Waals surface area (Å²) in [6.45, 7) is 0.368. The number of rotatable bonds is 6. The molecule has 6 nitrogen and oxygen atoms in total. The third kappa shape index (κ3) is 4.29. The second-order valence-corrected chi connectivity index (χ2v) is 6.48. The fraction of sp³-hybridized carbons (Fsp3) is 0.400. The molecule has 0 saturated heterocycles. The lowest BCUT2D eigenvalue weighted by Crippen LogP contribution is -2.64. The first kappa shape index (κ1) is 19.0. The first-order valence-corrected chi connectivity index (χ1v) is 8.61. The highest BCUT2D eigenvalue weighted by Gasteiger charge is 2.50. The van der Waals surface area contributed by atoms with Crippen LogP contribution in [-0.2, 0) is 22.7 Å². The molecule has 0 spiro atoms. The molecule has 4 N–H and O–H groups in total. The first-order chi connectivity index (χ1) is 12.6. The molecule has 2 aromatic rings. The molecular weight excluding hydrogens is 336 g/mol. The highest BCUT2D eigenvalue weighted by molar-refractivity contribution is 5.15. The maximum Gasteiger partial charge on any atom is 0.115 e. The second kappa shape index (κ2) is 8.73. The summed E-state index contributed by atoms with van der Waals surface area (Å²) in [5, 5.41) is 40.7. The quantitative estimate of drug-likeness (QED) is 0.603. The van der Waals surface area contributed by atoms with Gasteiger partial charge in [-0.25, -0.2) is 0 Å². The number of benzene rings is 2. The molecule has 26 heavy (non-hydrogen) atoms. The summed E-state index contributed by atoms with van der Waals surface area (Å²) < 4.78 is 11.5. The molecule has 6 heteroatoms. The van der Waals surface area contributed by atoms with E-state index in [0.29, 0.717) is 0 Å². The summed E-state index contributed by atoms with van der Waals surface area (Å²) in [6, 6.07) is 18.7. The molecule has 0 radical (unpaired) electrons. The van der Waals surface area contributed by atoms with Crippen LogP contribution in [0.3, 0.4) is 0 Å². The summed E-state index contributed by atoms with van der Waals surface area (Å²) in [6.07, 6.45) is -7.74. The number of hydrogen-bond acceptors (Lipinski definition) is 6. The van der Waals surface area contributed by atoms with E-state index >= 15 is 0 Å². The van der Waals surface area contributed by atoms with Crippen molar-refractivity contribution in [2.45, 2.75) is 49.8 Å². The highest BCUT2D eigenvalue weighted by atomic mass is 16.6. The van der Waals surface area contributed by atoms with E-state index in [2.05, 4.69) is 0 Å². The van der Waals surface area contributed by atoms with Gasteiger partial charge in [0.05, 0.1) is 13.2 Å². The predicted octanol–water partition coefficient (Wildman–Crippen LogP) is 0.614. The zero-order valence-corrected chi connectivity index (χ0v) is 14.3. The maximum atomic E-state index is 10.3. The van der Waals surface area contributed by atoms with Crippen LogP contribution in [0.15, 0.2) is 60.7 Å². The summed E-state index contributed by atoms with van der Waals surface area (Å²) in [7, 11) is 0. The topological polar surface area (TPSA) is 99.4 Å². The van der Waals surface area contributed by atoms with Gasteiger partial charge in [0.25, 0.3) is 0 Å². The van der Waals surface area contributed by atoms with Crippen LogP contribution in [0, 0.1) is 0 Å². The standard InChI is InChI=1S/C20H24O6/c21-15-16(22)18(24)20(26-12-14-9-5-2-6-10-14)19(17(15)23)25-11-13-7-3-1-4-8-13/h1-10,15-24H,11-12H2/t15-,16-,17+,18+,19+,20+/m1/s1. The van der Waals surface area contributed by atoms with E-state index in [4.69, 9.17) is 9.47 Å². The van der Waals surface area contributed by atoms with Crippen LogP contribution in [0.1, 0.15) is 11.1 Å². The average molecular weight is 360 g/mol. The molecular formula is C20H24O6. The normalized spacial score (nSPS) is 31.7. The third-order valence-corrected chi connectivity index (χ3v) is 4.62. The lowest BCUT2D eigenvalue weighted by molar-refractivity contribution is -0.251. The van der Waals surface area contributed by atoms with Gasteiger partial charge in [0.2, 0.25) is 0 Å². The number of hydrogen-bond donors (Lipinski definition) is 4. The van der Waals surface area contributed by atoms with Crippen molar-refractivity contribution >= 4 is 0 Å². The largest absolute Gasteiger partial charge is 0.387 e. The summed E-state index contributed by atoms with van der Waals surface area (Å²) in [5.74, 6) is 0. The second-order valence-electron chi connectivity index (χ2n) is 6.48. The Morgan fingerprint density at radius 2 is 0.885 bits per heavy atom. The molecule has 0 heterocycles. The molecule has 0 bridgehead atoms. The van der Waals surface area contributed by atoms with Crippen molar-refractivity contribution in [1.82, 2.24) is 0 Å². The van der Waals surface area contributed by atoms with Crippen molar-refractivity contribution < 1.29 is 29.9 Å². The molecule has 0 amide bonds. The minimum absolute atomic E-state index is 0.184. The molecule has 1 aliphatic carbocycles. The molecule has 140 valence electrons. The van der Waals surface area contributed by atoms with E-state index in [1.165, 1.54) is 0 Å². The Kier molecular flexibility index (Phi) is 6.37. The van der Waals surface area contributed by atoms with Gasteiger partial charge in [0.1, 0.15) is 36.6 Å². The Hall–Kier alpha value is -1.80. The van der Waals surface area contributed by atoms with E-state index in [9.17, 15) is 20.4 Å². The van der Waals surface area contributed by atoms with Crippen LogP contribution in [0.5, 0.6) is 0 Å². The summed E-state index contributed by atoms with van der Waals surface area (Å²) in [4.78, 5) is 0. The van der Waals surface area contributed by atoms with Crippen LogP contribution in [0.4, 0.5) is 0 Å². The molecule has 3 rings (SSSR count). The fourth-order valence-corrected chi connectivity index (χ4v) is 3.10. The Balaban J connectivity index is 1.72. The van der Waals surface area contributed by atoms with Gasteiger partial charge in [-0.15, -0.1) is 0 Å². The van der Waals surface area contributed by atoms with Gasteiger partial charge in [0.15, 0.2) is 0 Å². The predicted molar refractivity (Wildman–Crippen MR) is 94.1 cm³/mol. The summed E-state index contributed by atoms with van der Waals surface area (Å²) in [5.41, 5.74) is 1.77. The fourth-order valence-electron chi connectivity index (χ4n) is 3.10. The van der Waals surface area contributed by atoms with Gasteiger partial charge in [-0.05, 0) is 11.1 Å². The number of ether oxygens (including phenoxy) is 2. The van der Waals surface area contributed by atoms with Crippen LogP contribution in [0.25, 0.3) is 0 Å². The highest BCUT2D eigenvalue weighted by Crippen LogP contribution is 2.27. The smallest absolute Gasteiger partial charge is 0.115 e. The average Bonchev–Trinajstić information content (AvgIpc) is 2.69. The Morgan fingerprint density at radius 3 is 1.23 bits per heavy atom. The Morgan fingerprint density at radius 1 is 0.538 bits per heavy atom. The molecule has 0 aromatic heterocycles. The van der Waals surface area contributed by atoms with Crippen LogP contribution in [0.2, 0.25) is 0 Å². The molecule has 0 unspecified atom stereocenters.